The summed E-state index contributed by atoms with van der Waals surface area (Å²) in [6.07, 6.45) is 7.31. The van der Waals surface area contributed by atoms with Gasteiger partial charge in [0.15, 0.2) is 0 Å². The summed E-state index contributed by atoms with van der Waals surface area (Å²) >= 11 is 0. The van der Waals surface area contributed by atoms with Crippen LogP contribution in [0.2, 0.25) is 0 Å². The summed E-state index contributed by atoms with van der Waals surface area (Å²) < 4.78 is 1.82. The fourth-order valence-corrected chi connectivity index (χ4v) is 1.53. The Balaban J connectivity index is 2.30. The van der Waals surface area contributed by atoms with Crippen molar-refractivity contribution in [1.82, 2.24) is 15.1 Å². The van der Waals surface area contributed by atoms with Crippen molar-refractivity contribution in [3.05, 3.63) is 48.3 Å². The Hall–Kier alpha value is -2.05. The van der Waals surface area contributed by atoms with Gasteiger partial charge in [0.1, 0.15) is 6.04 Å². The van der Waals surface area contributed by atoms with Crippen molar-refractivity contribution in [3.8, 4) is 18.0 Å². The molecule has 80 valence electrons. The Morgan fingerprint density at radius 3 is 2.69 bits per heavy atom. The molecule has 2 aromatic rings. The normalized spacial score (nSPS) is 12.0. The molecule has 0 fully saturated rings. The predicted octanol–water partition coefficient (Wildman–Crippen LogP) is 1.77. The van der Waals surface area contributed by atoms with Crippen LogP contribution in [0.1, 0.15) is 11.7 Å². The van der Waals surface area contributed by atoms with Crippen molar-refractivity contribution in [2.24, 2.45) is 0 Å². The molecule has 1 atom stereocenters. The van der Waals surface area contributed by atoms with Crippen LogP contribution in [0, 0.1) is 12.3 Å². The zero-order valence-corrected chi connectivity index (χ0v) is 9.09. The number of hydrogen-bond acceptors (Lipinski definition) is 2. The smallest absolute Gasteiger partial charge is 0.113 e. The van der Waals surface area contributed by atoms with Crippen molar-refractivity contribution >= 4 is 0 Å². The number of para-hydroxylation sites is 1. The fraction of sp³-hybridized carbons (Fsp3) is 0.154. The van der Waals surface area contributed by atoms with Crippen LogP contribution in [0.15, 0.2) is 42.6 Å². The van der Waals surface area contributed by atoms with Crippen molar-refractivity contribution in [3.63, 3.8) is 0 Å². The highest BCUT2D eigenvalue weighted by Crippen LogP contribution is 2.11. The van der Waals surface area contributed by atoms with Crippen molar-refractivity contribution in [2.75, 3.05) is 7.05 Å². The molecule has 1 N–H and O–H groups in total. The minimum absolute atomic E-state index is 0.134. The fourth-order valence-electron chi connectivity index (χ4n) is 1.53. The quantitative estimate of drug-likeness (QED) is 0.784. The van der Waals surface area contributed by atoms with Gasteiger partial charge in [-0.3, -0.25) is 0 Å². The molecule has 3 nitrogen and oxygen atoms in total. The van der Waals surface area contributed by atoms with Crippen molar-refractivity contribution in [2.45, 2.75) is 6.04 Å². The lowest BCUT2D eigenvalue weighted by Crippen LogP contribution is -2.15. The monoisotopic (exact) mass is 211 g/mol. The number of terminal acetylenes is 1. The molecule has 1 aromatic carbocycles. The largest absolute Gasteiger partial charge is 0.302 e. The van der Waals surface area contributed by atoms with Crippen LogP contribution < -0.4 is 5.32 Å². The number of aromatic nitrogens is 2. The van der Waals surface area contributed by atoms with Gasteiger partial charge >= 0.3 is 0 Å². The van der Waals surface area contributed by atoms with E-state index < -0.39 is 0 Å². The first-order valence-corrected chi connectivity index (χ1v) is 5.09. The average molecular weight is 211 g/mol. The van der Waals surface area contributed by atoms with Crippen LogP contribution in [0.3, 0.4) is 0 Å². The van der Waals surface area contributed by atoms with E-state index in [9.17, 15) is 0 Å². The lowest BCUT2D eigenvalue weighted by molar-refractivity contribution is 0.694. The van der Waals surface area contributed by atoms with Gasteiger partial charge in [-0.2, -0.15) is 5.10 Å². The highest BCUT2D eigenvalue weighted by molar-refractivity contribution is 5.31. The topological polar surface area (TPSA) is 29.9 Å². The zero-order valence-electron chi connectivity index (χ0n) is 9.09. The highest BCUT2D eigenvalue weighted by atomic mass is 15.3. The first-order chi connectivity index (χ1) is 7.85. The molecule has 2 rings (SSSR count). The molecule has 0 aliphatic carbocycles. The summed E-state index contributed by atoms with van der Waals surface area (Å²) in [7, 11) is 1.83. The van der Waals surface area contributed by atoms with Gasteiger partial charge in [0.25, 0.3) is 0 Å². The summed E-state index contributed by atoms with van der Waals surface area (Å²) in [5, 5.41) is 7.46. The van der Waals surface area contributed by atoms with Gasteiger partial charge in [0, 0.05) is 6.20 Å². The molecule has 0 bridgehead atoms. The second-order valence-corrected chi connectivity index (χ2v) is 3.41. The first kappa shape index (κ1) is 10.5. The maximum absolute atomic E-state index is 5.40. The van der Waals surface area contributed by atoms with Crippen molar-refractivity contribution < 1.29 is 0 Å². The molecule has 0 radical (unpaired) electrons. The minimum atomic E-state index is -0.134. The molecule has 0 saturated carbocycles. The molecule has 1 heterocycles. The molecule has 3 heteroatoms. The molecule has 0 aliphatic heterocycles. The average Bonchev–Trinajstić information content (AvgIpc) is 2.81. The van der Waals surface area contributed by atoms with Gasteiger partial charge in [-0.15, -0.1) is 6.42 Å². The van der Waals surface area contributed by atoms with Gasteiger partial charge in [-0.05, 0) is 25.2 Å². The van der Waals surface area contributed by atoms with E-state index in [1.807, 2.05) is 54.3 Å². The summed E-state index contributed by atoms with van der Waals surface area (Å²) in [5.74, 6) is 2.65. The van der Waals surface area contributed by atoms with Gasteiger partial charge in [0.05, 0.1) is 11.4 Å². The summed E-state index contributed by atoms with van der Waals surface area (Å²) in [5.41, 5.74) is 1.88. The molecule has 1 unspecified atom stereocenters. The van der Waals surface area contributed by atoms with Gasteiger partial charge in [-0.25, -0.2) is 4.68 Å². The zero-order chi connectivity index (χ0) is 11.4. The maximum atomic E-state index is 5.40. The van der Waals surface area contributed by atoms with Crippen LogP contribution in [0.5, 0.6) is 0 Å². The second-order valence-electron chi connectivity index (χ2n) is 3.41. The van der Waals surface area contributed by atoms with E-state index in [0.717, 1.165) is 11.4 Å². The van der Waals surface area contributed by atoms with E-state index in [1.165, 1.54) is 0 Å². The molecule has 1 aromatic heterocycles. The number of rotatable bonds is 3. The van der Waals surface area contributed by atoms with E-state index in [2.05, 4.69) is 16.3 Å². The molecule has 0 saturated heterocycles. The second kappa shape index (κ2) is 4.65. The lowest BCUT2D eigenvalue weighted by atomic mass is 10.2. The van der Waals surface area contributed by atoms with Crippen LogP contribution in [-0.2, 0) is 0 Å². The Labute approximate surface area is 95.1 Å². The van der Waals surface area contributed by atoms with Gasteiger partial charge in [-0.1, -0.05) is 24.1 Å². The molecule has 16 heavy (non-hydrogen) atoms. The number of benzene rings is 1. The first-order valence-electron chi connectivity index (χ1n) is 5.09. The van der Waals surface area contributed by atoms with Crippen molar-refractivity contribution in [1.29, 1.82) is 0 Å². The van der Waals surface area contributed by atoms with E-state index in [0.29, 0.717) is 0 Å². The predicted molar refractivity (Wildman–Crippen MR) is 64.2 cm³/mol. The summed E-state index contributed by atoms with van der Waals surface area (Å²) in [4.78, 5) is 0. The van der Waals surface area contributed by atoms with Crippen LogP contribution in [-0.4, -0.2) is 16.8 Å². The molecule has 0 aliphatic rings. The maximum Gasteiger partial charge on any atom is 0.113 e. The number of nitrogens with one attached hydrogen (secondary N) is 1. The Morgan fingerprint density at radius 2 is 2.06 bits per heavy atom. The number of nitrogens with zero attached hydrogens (tertiary/aromatic N) is 2. The van der Waals surface area contributed by atoms with Gasteiger partial charge in [0.2, 0.25) is 0 Å². The Morgan fingerprint density at radius 1 is 1.31 bits per heavy atom. The third-order valence-electron chi connectivity index (χ3n) is 2.38. The summed E-state index contributed by atoms with van der Waals surface area (Å²) in [6.45, 7) is 0. The van der Waals surface area contributed by atoms with Crippen LogP contribution in [0.25, 0.3) is 5.69 Å². The standard InChI is InChI=1S/C13H13N3/c1-3-12(14-2)13-9-10-16(15-13)11-7-5-4-6-8-11/h1,4-10,12,14H,2H3. The summed E-state index contributed by atoms with van der Waals surface area (Å²) in [6, 6.07) is 11.7. The Bertz CT molecular complexity index is 493. The van der Waals surface area contributed by atoms with Gasteiger partial charge < -0.3 is 5.32 Å². The minimum Gasteiger partial charge on any atom is -0.302 e. The molecule has 0 amide bonds. The van der Waals surface area contributed by atoms with E-state index in [-0.39, 0.29) is 6.04 Å². The van der Waals surface area contributed by atoms with Crippen LogP contribution in [0.4, 0.5) is 0 Å². The third kappa shape index (κ3) is 1.97. The van der Waals surface area contributed by atoms with Crippen LogP contribution >= 0.6 is 0 Å². The Kier molecular flexibility index (Phi) is 3.04. The van der Waals surface area contributed by atoms with E-state index >= 15 is 0 Å². The third-order valence-corrected chi connectivity index (χ3v) is 2.38. The molecule has 0 spiro atoms. The lowest BCUT2D eigenvalue weighted by Gasteiger charge is -2.05. The molecular formula is C13H13N3. The van der Waals surface area contributed by atoms with E-state index in [1.54, 1.807) is 0 Å². The molecular weight excluding hydrogens is 198 g/mol. The SMILES string of the molecule is C#CC(NC)c1ccn(-c2ccccc2)n1. The highest BCUT2D eigenvalue weighted by Gasteiger charge is 2.08. The van der Waals surface area contributed by atoms with E-state index in [4.69, 9.17) is 6.42 Å². The number of hydrogen-bond donors (Lipinski definition) is 1.